The Labute approximate surface area is 332 Å². The molecule has 1 heterocycles. The van der Waals surface area contributed by atoms with Crippen LogP contribution in [0.15, 0.2) is 224 Å². The van der Waals surface area contributed by atoms with Crippen LogP contribution < -0.4 is 31.1 Å². The number of rotatable bonds is 10. The van der Waals surface area contributed by atoms with Crippen LogP contribution in [0.4, 0.5) is 0 Å². The van der Waals surface area contributed by atoms with E-state index in [4.69, 9.17) is 15.0 Å². The zero-order chi connectivity index (χ0) is 37.6. The average Bonchev–Trinajstić information content (AvgIpc) is 3.29. The van der Waals surface area contributed by atoms with E-state index in [0.29, 0.717) is 23.0 Å². The first-order valence-corrected chi connectivity index (χ1v) is 22.8. The summed E-state index contributed by atoms with van der Waals surface area (Å²) in [7, 11) is -3.92. The van der Waals surface area contributed by atoms with Crippen LogP contribution in [0.2, 0.25) is 5.54 Å². The van der Waals surface area contributed by atoms with E-state index in [-0.39, 0.29) is 0 Å². The van der Waals surface area contributed by atoms with Crippen molar-refractivity contribution < 1.29 is 0 Å². The van der Waals surface area contributed by atoms with E-state index in [1.807, 2.05) is 18.2 Å². The lowest BCUT2D eigenvalue weighted by molar-refractivity contribution is 0.997. The maximum atomic E-state index is 5.31. The Hall–Kier alpha value is -6.54. The normalized spacial score (nSPS) is 13.8. The summed E-state index contributed by atoms with van der Waals surface area (Å²) >= 11 is 0. The molecule has 1 aliphatic carbocycles. The lowest BCUT2D eigenvalue weighted by Gasteiger charge is -2.40. The van der Waals surface area contributed by atoms with Crippen molar-refractivity contribution in [2.45, 2.75) is 12.0 Å². The zero-order valence-electron chi connectivity index (χ0n) is 31.0. The molecule has 1 unspecified atom stereocenters. The number of allylic oxidation sites excluding steroid dienone is 4. The van der Waals surface area contributed by atoms with Crippen molar-refractivity contribution in [3.8, 4) is 34.2 Å². The van der Waals surface area contributed by atoms with Crippen molar-refractivity contribution in [1.29, 1.82) is 0 Å². The van der Waals surface area contributed by atoms with Crippen LogP contribution in [0.5, 0.6) is 0 Å². The number of hydrogen-bond donors (Lipinski definition) is 0. The third-order valence-electron chi connectivity index (χ3n) is 10.8. The van der Waals surface area contributed by atoms with E-state index in [9.17, 15) is 0 Å². The van der Waals surface area contributed by atoms with Gasteiger partial charge in [-0.2, -0.15) is 0 Å². The van der Waals surface area contributed by atoms with Gasteiger partial charge in [-0.15, -0.1) is 0 Å². The summed E-state index contributed by atoms with van der Waals surface area (Å²) in [5.41, 5.74) is 3.25. The smallest absolute Gasteiger partial charge is 0.164 e. The fraction of sp³-hybridized carbons (Fsp3) is 0.0392. The molecule has 3 nitrogen and oxygen atoms in total. The molecule has 267 valence electrons. The molecule has 5 heteroatoms. The molecule has 9 rings (SSSR count). The second-order valence-electron chi connectivity index (χ2n) is 14.1. The standard InChI is InChI=1S/C51H40N3Si2/c1-7-21-39(22-8-1)49-52-50(40-23-19-29-44(37-40)55(42-25-9-2-10-26-42)43-27-11-3-12-28-43)54-51(53-49)41-24-20-36-48(38-41)56(45-30-13-4-14-31-45,46-32-15-5-16-33-46)47-34-17-6-18-35-47/h1-34,36-38,47H,35H2. The highest BCUT2D eigenvalue weighted by molar-refractivity contribution is 7.12. The molecule has 1 aliphatic rings. The molecule has 1 atom stereocenters. The Morgan fingerprint density at radius 2 is 0.821 bits per heavy atom. The molecule has 8 aromatic rings. The fourth-order valence-electron chi connectivity index (χ4n) is 8.22. The van der Waals surface area contributed by atoms with Gasteiger partial charge in [0.2, 0.25) is 0 Å². The molecule has 0 bridgehead atoms. The zero-order valence-corrected chi connectivity index (χ0v) is 33.0. The summed E-state index contributed by atoms with van der Waals surface area (Å²) in [5.74, 6) is 1.99. The topological polar surface area (TPSA) is 38.7 Å². The Morgan fingerprint density at radius 1 is 0.393 bits per heavy atom. The van der Waals surface area contributed by atoms with Gasteiger partial charge in [0.25, 0.3) is 0 Å². The molecule has 7 aromatic carbocycles. The van der Waals surface area contributed by atoms with Gasteiger partial charge in [0, 0.05) is 16.7 Å². The first-order valence-electron chi connectivity index (χ1n) is 19.2. The van der Waals surface area contributed by atoms with Crippen molar-refractivity contribution in [2.75, 3.05) is 0 Å². The van der Waals surface area contributed by atoms with Gasteiger partial charge in [0.15, 0.2) is 34.3 Å². The quantitative estimate of drug-likeness (QED) is 0.106. The predicted molar refractivity (Wildman–Crippen MR) is 238 cm³/mol. The number of aromatic nitrogens is 3. The Kier molecular flexibility index (Phi) is 10.1. The van der Waals surface area contributed by atoms with E-state index in [0.717, 1.165) is 23.1 Å². The Balaban J connectivity index is 1.22. The van der Waals surface area contributed by atoms with E-state index in [2.05, 4.69) is 206 Å². The number of benzene rings is 7. The van der Waals surface area contributed by atoms with Gasteiger partial charge in [-0.1, -0.05) is 235 Å². The van der Waals surface area contributed by atoms with Gasteiger partial charge >= 0.3 is 0 Å². The van der Waals surface area contributed by atoms with Crippen molar-refractivity contribution in [3.05, 3.63) is 224 Å². The number of nitrogens with zero attached hydrogens (tertiary/aromatic N) is 3. The van der Waals surface area contributed by atoms with Gasteiger partial charge in [0.1, 0.15) is 0 Å². The van der Waals surface area contributed by atoms with Crippen LogP contribution in [-0.2, 0) is 0 Å². The van der Waals surface area contributed by atoms with Gasteiger partial charge in [-0.05, 0) is 32.7 Å². The van der Waals surface area contributed by atoms with Crippen LogP contribution in [0.25, 0.3) is 34.2 Å². The summed E-state index contributed by atoms with van der Waals surface area (Å²) in [6, 6.07) is 72.2. The minimum atomic E-state index is -2.63. The van der Waals surface area contributed by atoms with Gasteiger partial charge < -0.3 is 0 Å². The van der Waals surface area contributed by atoms with E-state index >= 15 is 0 Å². The first kappa shape index (κ1) is 35.2. The molecule has 56 heavy (non-hydrogen) atoms. The van der Waals surface area contributed by atoms with Crippen LogP contribution in [0, 0.1) is 0 Å². The monoisotopic (exact) mass is 750 g/mol. The van der Waals surface area contributed by atoms with Crippen LogP contribution in [-0.4, -0.2) is 31.8 Å². The van der Waals surface area contributed by atoms with Crippen molar-refractivity contribution in [1.82, 2.24) is 15.0 Å². The van der Waals surface area contributed by atoms with Crippen molar-refractivity contribution in [3.63, 3.8) is 0 Å². The van der Waals surface area contributed by atoms with E-state index in [1.54, 1.807) is 0 Å². The van der Waals surface area contributed by atoms with Crippen LogP contribution >= 0.6 is 0 Å². The molecule has 0 fully saturated rings. The molecular formula is C51H40N3Si2. The molecule has 1 aromatic heterocycles. The van der Waals surface area contributed by atoms with Crippen LogP contribution in [0.3, 0.4) is 0 Å². The van der Waals surface area contributed by atoms with Gasteiger partial charge in [-0.25, -0.2) is 15.0 Å². The van der Waals surface area contributed by atoms with Crippen molar-refractivity contribution in [2.24, 2.45) is 0 Å². The molecule has 0 N–H and O–H groups in total. The maximum absolute atomic E-state index is 5.31. The second kappa shape index (κ2) is 16.1. The van der Waals surface area contributed by atoms with E-state index < -0.39 is 16.9 Å². The molecule has 0 saturated carbocycles. The van der Waals surface area contributed by atoms with Crippen LogP contribution in [0.1, 0.15) is 6.42 Å². The highest BCUT2D eigenvalue weighted by atomic mass is 28.3. The van der Waals surface area contributed by atoms with Gasteiger partial charge in [0.05, 0.1) is 0 Å². The maximum Gasteiger partial charge on any atom is 0.164 e. The SMILES string of the molecule is C1=CCC([Si](c2ccccc2)(c2ccccc2)c2cccc(-c3nc(-c4ccccc4)nc(-c4cccc([Si](c5ccccc5)c5ccccc5)c4)n3)c2)C=C1. The molecular weight excluding hydrogens is 711 g/mol. The predicted octanol–water partition coefficient (Wildman–Crippen LogP) is 7.75. The molecule has 0 amide bonds. The first-order chi connectivity index (χ1) is 27.8. The summed E-state index contributed by atoms with van der Waals surface area (Å²) in [5, 5.41) is 8.08. The molecule has 0 spiro atoms. The highest BCUT2D eigenvalue weighted by Crippen LogP contribution is 2.32. The second-order valence-corrected chi connectivity index (χ2v) is 20.7. The Morgan fingerprint density at radius 3 is 1.36 bits per heavy atom. The highest BCUT2D eigenvalue weighted by Gasteiger charge is 2.45. The summed E-state index contributed by atoms with van der Waals surface area (Å²) in [6.07, 6.45) is 10.1. The third kappa shape index (κ3) is 6.95. The Bertz CT molecular complexity index is 2530. The van der Waals surface area contributed by atoms with E-state index in [1.165, 1.54) is 31.1 Å². The third-order valence-corrected chi connectivity index (χ3v) is 18.7. The minimum absolute atomic E-state index is 0.328. The fourth-order valence-corrected chi connectivity index (χ4v) is 16.2. The summed E-state index contributed by atoms with van der Waals surface area (Å²) < 4.78 is 0. The molecule has 1 radical (unpaired) electrons. The largest absolute Gasteiger partial charge is 0.208 e. The van der Waals surface area contributed by atoms with Gasteiger partial charge in [-0.3, -0.25) is 0 Å². The van der Waals surface area contributed by atoms with Crippen molar-refractivity contribution >= 4 is 48.0 Å². The molecule has 0 saturated heterocycles. The lowest BCUT2D eigenvalue weighted by atomic mass is 10.1. The summed E-state index contributed by atoms with van der Waals surface area (Å²) in [6.45, 7) is 0. The minimum Gasteiger partial charge on any atom is -0.208 e. The average molecular weight is 751 g/mol. The number of hydrogen-bond acceptors (Lipinski definition) is 3. The lowest BCUT2D eigenvalue weighted by Crippen LogP contribution is -2.69. The molecule has 0 aliphatic heterocycles. The summed E-state index contributed by atoms with van der Waals surface area (Å²) in [4.78, 5) is 15.7.